The van der Waals surface area contributed by atoms with E-state index in [1.54, 1.807) is 12.5 Å². The van der Waals surface area contributed by atoms with Crippen LogP contribution in [0, 0.1) is 56.7 Å². The van der Waals surface area contributed by atoms with Gasteiger partial charge in [-0.25, -0.2) is 0 Å². The van der Waals surface area contributed by atoms with Crippen LogP contribution in [-0.4, -0.2) is 49.1 Å². The Kier molecular flexibility index (Phi) is 7.12. The quantitative estimate of drug-likeness (QED) is 0.289. The first-order valence-electron chi connectivity index (χ1n) is 17.1. The van der Waals surface area contributed by atoms with E-state index < -0.39 is 0 Å². The molecule has 1 heterocycles. The highest BCUT2D eigenvalue weighted by molar-refractivity contribution is 5.84. The van der Waals surface area contributed by atoms with Crippen LogP contribution in [0.3, 0.4) is 0 Å². The highest BCUT2D eigenvalue weighted by atomic mass is 16.5. The molecule has 0 aromatic carbocycles. The molecule has 0 bridgehead atoms. The van der Waals surface area contributed by atoms with Gasteiger partial charge in [0.1, 0.15) is 6.10 Å². The molecule has 0 spiro atoms. The second-order valence-electron chi connectivity index (χ2n) is 16.8. The summed E-state index contributed by atoms with van der Waals surface area (Å²) in [7, 11) is 0. The normalized spacial score (nSPS) is 49.0. The number of esters is 1. The number of amides is 1. The minimum absolute atomic E-state index is 0.0172. The zero-order valence-corrected chi connectivity index (χ0v) is 27.4. The van der Waals surface area contributed by atoms with Crippen molar-refractivity contribution in [2.24, 2.45) is 56.7 Å². The van der Waals surface area contributed by atoms with Crippen LogP contribution >= 0.6 is 0 Å². The van der Waals surface area contributed by atoms with Gasteiger partial charge in [-0.15, -0.1) is 0 Å². The molecule has 5 nitrogen and oxygen atoms in total. The molecule has 0 aromatic rings. The van der Waals surface area contributed by atoms with E-state index in [9.17, 15) is 9.59 Å². The SMILES string of the molecule is CC(=O)O[C@H]1CC[C@]2(C)[C@H]3CC=C4[C@@H]5[C@@H](C)[C@H](C)CC[C@]5(C(=O)N5CCNCC5)CC[C@@]4(C)[C@]3(C)CC[C@H]2C1(C)C. The Bertz CT molecular complexity index is 1110. The van der Waals surface area contributed by atoms with Crippen molar-refractivity contribution in [2.75, 3.05) is 26.2 Å². The fraction of sp³-hybridized carbons (Fsp3) is 0.889. The van der Waals surface area contributed by atoms with E-state index in [4.69, 9.17) is 4.74 Å². The number of hydrogen-bond acceptors (Lipinski definition) is 4. The highest BCUT2D eigenvalue weighted by Gasteiger charge is 2.69. The summed E-state index contributed by atoms with van der Waals surface area (Å²) in [6.45, 7) is 22.7. The summed E-state index contributed by atoms with van der Waals surface area (Å²) < 4.78 is 5.94. The number of carbonyl (C=O) groups is 2. The van der Waals surface area contributed by atoms with Crippen LogP contribution in [0.1, 0.15) is 113 Å². The van der Waals surface area contributed by atoms with Crippen LogP contribution in [0.15, 0.2) is 11.6 Å². The van der Waals surface area contributed by atoms with E-state index in [1.807, 2.05) is 0 Å². The highest BCUT2D eigenvalue weighted by Crippen LogP contribution is 2.76. The molecular weight excluding hydrogens is 508 g/mol. The smallest absolute Gasteiger partial charge is 0.302 e. The van der Waals surface area contributed by atoms with Gasteiger partial charge >= 0.3 is 5.97 Å². The third-order valence-electron chi connectivity index (χ3n) is 15.1. The number of rotatable bonds is 2. The Morgan fingerprint density at radius 3 is 2.29 bits per heavy atom. The lowest BCUT2D eigenvalue weighted by atomic mass is 9.33. The number of hydrogen-bond donors (Lipinski definition) is 1. The lowest BCUT2D eigenvalue weighted by molar-refractivity contribution is -0.213. The number of nitrogens with one attached hydrogen (secondary N) is 1. The Morgan fingerprint density at radius 1 is 0.902 bits per heavy atom. The second kappa shape index (κ2) is 9.83. The zero-order valence-electron chi connectivity index (χ0n) is 27.4. The predicted molar refractivity (Wildman–Crippen MR) is 164 cm³/mol. The molecule has 0 radical (unpaired) electrons. The Labute approximate surface area is 250 Å². The summed E-state index contributed by atoms with van der Waals surface area (Å²) >= 11 is 0. The van der Waals surface area contributed by atoms with Gasteiger partial charge in [-0.2, -0.15) is 0 Å². The lowest BCUT2D eigenvalue weighted by Crippen LogP contribution is -2.66. The summed E-state index contributed by atoms with van der Waals surface area (Å²) in [6, 6.07) is 0. The summed E-state index contributed by atoms with van der Waals surface area (Å²) in [4.78, 5) is 28.8. The lowest BCUT2D eigenvalue weighted by Gasteiger charge is -2.71. The van der Waals surface area contributed by atoms with Crippen LogP contribution < -0.4 is 5.32 Å². The molecule has 1 N–H and O–H groups in total. The average Bonchev–Trinajstić information content (AvgIpc) is 2.92. The Balaban J connectivity index is 1.39. The molecule has 5 aliphatic carbocycles. The third-order valence-corrected chi connectivity index (χ3v) is 15.1. The molecule has 1 aliphatic heterocycles. The molecule has 5 heteroatoms. The van der Waals surface area contributed by atoms with Crippen molar-refractivity contribution in [3.05, 3.63) is 11.6 Å². The first kappa shape index (κ1) is 29.7. The molecule has 6 rings (SSSR count). The molecule has 0 unspecified atom stereocenters. The van der Waals surface area contributed by atoms with Gasteiger partial charge in [0, 0.05) is 38.5 Å². The summed E-state index contributed by atoms with van der Waals surface area (Å²) in [5.74, 6) is 3.06. The number of fused-ring (bicyclic) bond motifs is 7. The zero-order chi connectivity index (χ0) is 29.6. The van der Waals surface area contributed by atoms with Gasteiger partial charge in [-0.3, -0.25) is 9.59 Å². The van der Waals surface area contributed by atoms with Gasteiger partial charge in [0.25, 0.3) is 0 Å². The van der Waals surface area contributed by atoms with E-state index in [0.717, 1.165) is 64.7 Å². The number of ether oxygens (including phenoxy) is 1. The molecule has 6 aliphatic rings. The van der Waals surface area contributed by atoms with Crippen molar-refractivity contribution in [2.45, 2.75) is 119 Å². The van der Waals surface area contributed by atoms with Crippen LogP contribution in [0.2, 0.25) is 0 Å². The van der Waals surface area contributed by atoms with E-state index >= 15 is 0 Å². The molecule has 1 amide bonds. The fourth-order valence-electron chi connectivity index (χ4n) is 12.4. The van der Waals surface area contributed by atoms with Crippen molar-refractivity contribution in [3.8, 4) is 0 Å². The second-order valence-corrected chi connectivity index (χ2v) is 16.8. The minimum Gasteiger partial charge on any atom is -0.462 e. The number of allylic oxidation sites excluding steroid dienone is 2. The first-order valence-corrected chi connectivity index (χ1v) is 17.1. The van der Waals surface area contributed by atoms with Gasteiger partial charge in [0.15, 0.2) is 0 Å². The molecular formula is C36H58N2O3. The molecule has 230 valence electrons. The summed E-state index contributed by atoms with van der Waals surface area (Å²) in [5, 5.41) is 3.46. The molecule has 5 fully saturated rings. The van der Waals surface area contributed by atoms with E-state index in [0.29, 0.717) is 35.5 Å². The van der Waals surface area contributed by atoms with Gasteiger partial charge in [-0.1, -0.05) is 60.1 Å². The Morgan fingerprint density at radius 2 is 1.61 bits per heavy atom. The molecule has 10 atom stereocenters. The molecule has 4 saturated carbocycles. The fourth-order valence-corrected chi connectivity index (χ4v) is 12.4. The van der Waals surface area contributed by atoms with Crippen LogP contribution in [0.25, 0.3) is 0 Å². The predicted octanol–water partition coefficient (Wildman–Crippen LogP) is 7.01. The minimum atomic E-state index is -0.219. The van der Waals surface area contributed by atoms with Gasteiger partial charge in [0.05, 0.1) is 5.41 Å². The maximum Gasteiger partial charge on any atom is 0.302 e. The summed E-state index contributed by atoms with van der Waals surface area (Å²) in [6.07, 6.45) is 12.8. The largest absolute Gasteiger partial charge is 0.462 e. The summed E-state index contributed by atoms with van der Waals surface area (Å²) in [5.41, 5.74) is 2.01. The standard InChI is InChI=1S/C36H58N2O3/c1-23-11-16-36(31(40)38-21-19-37-20-22-38)18-17-34(7)26(30(36)24(23)2)9-10-28-33(6)14-13-29(41-25(3)39)32(4,5)27(33)12-15-35(28,34)8/h9,23-24,27-30,37H,10-22H2,1-8H3/t23-,24+,27+,28-,29+,30+,33+,34-,35-,36+/m1/s1. The van der Waals surface area contributed by atoms with Crippen molar-refractivity contribution in [3.63, 3.8) is 0 Å². The van der Waals surface area contributed by atoms with Crippen molar-refractivity contribution in [1.29, 1.82) is 0 Å². The molecule has 41 heavy (non-hydrogen) atoms. The van der Waals surface area contributed by atoms with Gasteiger partial charge in [0.2, 0.25) is 5.91 Å². The third kappa shape index (κ3) is 4.02. The van der Waals surface area contributed by atoms with Crippen LogP contribution in [0.4, 0.5) is 0 Å². The maximum atomic E-state index is 14.6. The maximum absolute atomic E-state index is 14.6. The van der Waals surface area contributed by atoms with E-state index in [1.165, 1.54) is 19.3 Å². The molecule has 1 saturated heterocycles. The van der Waals surface area contributed by atoms with Crippen molar-refractivity contribution in [1.82, 2.24) is 10.2 Å². The van der Waals surface area contributed by atoms with E-state index in [-0.39, 0.29) is 39.1 Å². The number of nitrogens with zero attached hydrogens (tertiary/aromatic N) is 1. The number of carbonyl (C=O) groups excluding carboxylic acids is 2. The average molecular weight is 567 g/mol. The van der Waals surface area contributed by atoms with Crippen LogP contribution in [-0.2, 0) is 14.3 Å². The van der Waals surface area contributed by atoms with Gasteiger partial charge in [-0.05, 0) is 104 Å². The monoisotopic (exact) mass is 566 g/mol. The Hall–Kier alpha value is -1.36. The van der Waals surface area contributed by atoms with Gasteiger partial charge < -0.3 is 15.0 Å². The van der Waals surface area contributed by atoms with Crippen molar-refractivity contribution < 1.29 is 14.3 Å². The number of piperazine rings is 1. The topological polar surface area (TPSA) is 58.6 Å². The van der Waals surface area contributed by atoms with Crippen LogP contribution in [0.5, 0.6) is 0 Å². The molecule has 0 aromatic heterocycles. The van der Waals surface area contributed by atoms with Crippen molar-refractivity contribution >= 4 is 11.9 Å². The first-order chi connectivity index (χ1) is 19.2. The van der Waals surface area contributed by atoms with E-state index in [2.05, 4.69) is 64.8 Å².